The van der Waals surface area contributed by atoms with Gasteiger partial charge in [0.15, 0.2) is 0 Å². The van der Waals surface area contributed by atoms with Gasteiger partial charge in [-0.25, -0.2) is 0 Å². The number of carbonyl (C=O) groups is 1. The minimum atomic E-state index is -0.792. The number of hydrogen-bond acceptors (Lipinski definition) is 2. The third-order valence-corrected chi connectivity index (χ3v) is 3.81. The molecule has 1 atom stereocenters. The summed E-state index contributed by atoms with van der Waals surface area (Å²) in [4.78, 5) is 11.1. The fraction of sp³-hybridized carbons (Fsp3) is 0.278. The zero-order valence-corrected chi connectivity index (χ0v) is 13.3. The summed E-state index contributed by atoms with van der Waals surface area (Å²) in [5.41, 5.74) is 3.29. The van der Waals surface area contributed by atoms with Crippen molar-refractivity contribution in [3.8, 4) is 11.1 Å². The van der Waals surface area contributed by atoms with E-state index in [-0.39, 0.29) is 0 Å². The smallest absolute Gasteiger partial charge is 0.320 e. The predicted octanol–water partition coefficient (Wildman–Crippen LogP) is 4.35. The molecule has 2 rings (SSSR count). The largest absolute Gasteiger partial charge is 0.480 e. The lowest BCUT2D eigenvalue weighted by atomic mass is 10.0. The zero-order chi connectivity index (χ0) is 15.9. The molecule has 0 amide bonds. The van der Waals surface area contributed by atoms with E-state index in [0.717, 1.165) is 28.1 Å². The number of nitrogens with one attached hydrogen (secondary N) is 1. The molecule has 0 saturated carbocycles. The molecule has 0 bridgehead atoms. The minimum Gasteiger partial charge on any atom is -0.480 e. The maximum absolute atomic E-state index is 11.1. The Balaban J connectivity index is 1.99. The molecule has 0 aliphatic heterocycles. The van der Waals surface area contributed by atoms with E-state index in [2.05, 4.69) is 5.32 Å². The monoisotopic (exact) mass is 317 g/mol. The molecule has 116 valence electrons. The highest BCUT2D eigenvalue weighted by molar-refractivity contribution is 6.30. The van der Waals surface area contributed by atoms with E-state index in [4.69, 9.17) is 16.7 Å². The number of benzene rings is 2. The van der Waals surface area contributed by atoms with Gasteiger partial charge in [0.25, 0.3) is 0 Å². The summed E-state index contributed by atoms with van der Waals surface area (Å²) in [5, 5.41) is 12.9. The fourth-order valence-electron chi connectivity index (χ4n) is 2.30. The molecule has 0 spiro atoms. The summed E-state index contributed by atoms with van der Waals surface area (Å²) in [5.74, 6) is -0.792. The molecule has 3 nitrogen and oxygen atoms in total. The standard InChI is InChI=1S/C18H20ClNO2/c1-2-3-17(18(21)22)20-12-13-4-6-14(7-5-13)15-8-10-16(19)11-9-15/h4-11,17,20H,2-3,12H2,1H3,(H,21,22). The normalized spacial score (nSPS) is 12.1. The van der Waals surface area contributed by atoms with Crippen molar-refractivity contribution in [3.05, 3.63) is 59.1 Å². The minimum absolute atomic E-state index is 0.485. The molecule has 0 aliphatic carbocycles. The van der Waals surface area contributed by atoms with Crippen LogP contribution in [0.5, 0.6) is 0 Å². The molecule has 4 heteroatoms. The van der Waals surface area contributed by atoms with E-state index >= 15 is 0 Å². The number of rotatable bonds is 7. The van der Waals surface area contributed by atoms with Gasteiger partial charge in [0.1, 0.15) is 6.04 Å². The lowest BCUT2D eigenvalue weighted by Gasteiger charge is -2.13. The molecular formula is C18H20ClNO2. The summed E-state index contributed by atoms with van der Waals surface area (Å²) in [6.07, 6.45) is 1.48. The maximum Gasteiger partial charge on any atom is 0.320 e. The number of carboxylic acids is 1. The van der Waals surface area contributed by atoms with Crippen LogP contribution in [-0.4, -0.2) is 17.1 Å². The summed E-state index contributed by atoms with van der Waals surface area (Å²) in [6, 6.07) is 15.3. The van der Waals surface area contributed by atoms with Gasteiger partial charge in [0.05, 0.1) is 0 Å². The molecule has 0 fully saturated rings. The SMILES string of the molecule is CCCC(NCc1ccc(-c2ccc(Cl)cc2)cc1)C(=O)O. The molecule has 0 radical (unpaired) electrons. The molecule has 22 heavy (non-hydrogen) atoms. The Kier molecular flexibility index (Phi) is 5.99. The van der Waals surface area contributed by atoms with Crippen molar-refractivity contribution in [1.29, 1.82) is 0 Å². The predicted molar refractivity (Wildman–Crippen MR) is 90.1 cm³/mol. The van der Waals surface area contributed by atoms with Gasteiger partial charge in [-0.15, -0.1) is 0 Å². The molecule has 2 aromatic carbocycles. The van der Waals surface area contributed by atoms with Crippen LogP contribution in [0, 0.1) is 0 Å². The van der Waals surface area contributed by atoms with Crippen molar-refractivity contribution in [2.75, 3.05) is 0 Å². The van der Waals surface area contributed by atoms with Gasteiger partial charge >= 0.3 is 5.97 Å². The van der Waals surface area contributed by atoms with Crippen LogP contribution in [0.1, 0.15) is 25.3 Å². The average molecular weight is 318 g/mol. The van der Waals surface area contributed by atoms with Crippen molar-refractivity contribution in [2.24, 2.45) is 0 Å². The second-order valence-electron chi connectivity index (χ2n) is 5.26. The first-order chi connectivity index (χ1) is 10.6. The van der Waals surface area contributed by atoms with Crippen LogP contribution < -0.4 is 5.32 Å². The van der Waals surface area contributed by atoms with Crippen molar-refractivity contribution in [2.45, 2.75) is 32.4 Å². The first-order valence-electron chi connectivity index (χ1n) is 7.41. The van der Waals surface area contributed by atoms with Gasteiger partial charge in [-0.3, -0.25) is 4.79 Å². The Morgan fingerprint density at radius 3 is 2.14 bits per heavy atom. The second-order valence-corrected chi connectivity index (χ2v) is 5.70. The van der Waals surface area contributed by atoms with Crippen LogP contribution in [-0.2, 0) is 11.3 Å². The molecule has 0 saturated heterocycles. The Labute approximate surface area is 135 Å². The van der Waals surface area contributed by atoms with E-state index in [9.17, 15) is 4.79 Å². The molecule has 0 heterocycles. The topological polar surface area (TPSA) is 49.3 Å². The molecule has 2 N–H and O–H groups in total. The van der Waals surface area contributed by atoms with Gasteiger partial charge in [0.2, 0.25) is 0 Å². The third kappa shape index (κ3) is 4.58. The van der Waals surface area contributed by atoms with E-state index in [1.807, 2.05) is 55.5 Å². The third-order valence-electron chi connectivity index (χ3n) is 3.56. The highest BCUT2D eigenvalue weighted by Crippen LogP contribution is 2.21. The van der Waals surface area contributed by atoms with E-state index < -0.39 is 12.0 Å². The van der Waals surface area contributed by atoms with Crippen LogP contribution in [0.15, 0.2) is 48.5 Å². The molecular weight excluding hydrogens is 298 g/mol. The van der Waals surface area contributed by atoms with Crippen molar-refractivity contribution >= 4 is 17.6 Å². The van der Waals surface area contributed by atoms with Crippen LogP contribution in [0.3, 0.4) is 0 Å². The van der Waals surface area contributed by atoms with Crippen LogP contribution in [0.4, 0.5) is 0 Å². The molecule has 2 aromatic rings. The van der Waals surface area contributed by atoms with Gasteiger partial charge in [-0.05, 0) is 35.2 Å². The van der Waals surface area contributed by atoms with Gasteiger partial charge < -0.3 is 10.4 Å². The first kappa shape index (κ1) is 16.5. The number of hydrogen-bond donors (Lipinski definition) is 2. The van der Waals surface area contributed by atoms with Crippen LogP contribution in [0.2, 0.25) is 5.02 Å². The van der Waals surface area contributed by atoms with Crippen LogP contribution >= 0.6 is 11.6 Å². The van der Waals surface area contributed by atoms with E-state index in [1.54, 1.807) is 0 Å². The Morgan fingerprint density at radius 2 is 1.64 bits per heavy atom. The lowest BCUT2D eigenvalue weighted by Crippen LogP contribution is -2.35. The highest BCUT2D eigenvalue weighted by Gasteiger charge is 2.14. The quantitative estimate of drug-likeness (QED) is 0.798. The first-order valence-corrected chi connectivity index (χ1v) is 7.79. The number of halogens is 1. The Morgan fingerprint density at radius 1 is 1.09 bits per heavy atom. The summed E-state index contributed by atoms with van der Waals surface area (Å²) in [7, 11) is 0. The van der Waals surface area contributed by atoms with E-state index in [0.29, 0.717) is 13.0 Å². The number of aliphatic carboxylic acids is 1. The van der Waals surface area contributed by atoms with Crippen molar-refractivity contribution < 1.29 is 9.90 Å². The maximum atomic E-state index is 11.1. The lowest BCUT2D eigenvalue weighted by molar-refractivity contribution is -0.139. The average Bonchev–Trinajstić information content (AvgIpc) is 2.52. The fourth-order valence-corrected chi connectivity index (χ4v) is 2.43. The zero-order valence-electron chi connectivity index (χ0n) is 12.6. The van der Waals surface area contributed by atoms with Gasteiger partial charge in [-0.1, -0.05) is 61.3 Å². The van der Waals surface area contributed by atoms with Gasteiger partial charge in [-0.2, -0.15) is 0 Å². The van der Waals surface area contributed by atoms with Crippen molar-refractivity contribution in [3.63, 3.8) is 0 Å². The molecule has 1 unspecified atom stereocenters. The second kappa shape index (κ2) is 7.97. The number of carboxylic acid groups (broad SMARTS) is 1. The summed E-state index contributed by atoms with van der Waals surface area (Å²) < 4.78 is 0. The summed E-state index contributed by atoms with van der Waals surface area (Å²) in [6.45, 7) is 2.54. The summed E-state index contributed by atoms with van der Waals surface area (Å²) >= 11 is 5.89. The highest BCUT2D eigenvalue weighted by atomic mass is 35.5. The molecule has 0 aromatic heterocycles. The Hall–Kier alpha value is -1.84. The molecule has 0 aliphatic rings. The van der Waals surface area contributed by atoms with E-state index in [1.165, 1.54) is 0 Å². The Bertz CT molecular complexity index is 608. The van der Waals surface area contributed by atoms with Crippen molar-refractivity contribution in [1.82, 2.24) is 5.32 Å². The van der Waals surface area contributed by atoms with Gasteiger partial charge in [0, 0.05) is 11.6 Å². The van der Waals surface area contributed by atoms with Crippen LogP contribution in [0.25, 0.3) is 11.1 Å².